The quantitative estimate of drug-likeness (QED) is 0.511. The molecule has 1 atom stereocenters. The summed E-state index contributed by atoms with van der Waals surface area (Å²) in [5.41, 5.74) is 2.69. The minimum absolute atomic E-state index is 0.0522. The molecule has 0 bridgehead atoms. The third kappa shape index (κ3) is 3.97. The van der Waals surface area contributed by atoms with Gasteiger partial charge in [-0.05, 0) is 25.0 Å². The van der Waals surface area contributed by atoms with Gasteiger partial charge in [-0.2, -0.15) is 4.98 Å². The first kappa shape index (κ1) is 19.9. The molecule has 2 aromatic carbocycles. The number of fused-ring (bicyclic) bond motifs is 1. The molecule has 1 N–H and O–H groups in total. The molecule has 1 aliphatic heterocycles. The Labute approximate surface area is 186 Å². The SMILES string of the molecule is CC(Nc1nccc(N2CCCn3c2nc(-c2ccccc2)cc3=O)n1)c1ccccc1. The molecule has 3 heterocycles. The van der Waals surface area contributed by atoms with E-state index in [0.29, 0.717) is 30.0 Å². The lowest BCUT2D eigenvalue weighted by molar-refractivity contribution is 0.561. The van der Waals surface area contributed by atoms with Crippen LogP contribution in [-0.2, 0) is 6.54 Å². The minimum atomic E-state index is -0.0522. The second-order valence-electron chi connectivity index (χ2n) is 7.82. The zero-order valence-corrected chi connectivity index (χ0v) is 17.8. The second kappa shape index (κ2) is 8.63. The fourth-order valence-electron chi connectivity index (χ4n) is 3.96. The van der Waals surface area contributed by atoms with Crippen LogP contribution in [0.3, 0.4) is 0 Å². The summed E-state index contributed by atoms with van der Waals surface area (Å²) in [6.45, 7) is 3.46. The number of benzene rings is 2. The minimum Gasteiger partial charge on any atom is -0.348 e. The van der Waals surface area contributed by atoms with Crippen molar-refractivity contribution in [3.05, 3.63) is 94.9 Å². The van der Waals surface area contributed by atoms with Gasteiger partial charge in [-0.15, -0.1) is 0 Å². The number of anilines is 3. The first-order valence-corrected chi connectivity index (χ1v) is 10.8. The van der Waals surface area contributed by atoms with Gasteiger partial charge in [0.1, 0.15) is 5.82 Å². The average molecular weight is 425 g/mol. The summed E-state index contributed by atoms with van der Waals surface area (Å²) >= 11 is 0. The fourth-order valence-corrected chi connectivity index (χ4v) is 3.96. The lowest BCUT2D eigenvalue weighted by Crippen LogP contribution is -2.36. The van der Waals surface area contributed by atoms with Gasteiger partial charge in [0.15, 0.2) is 0 Å². The van der Waals surface area contributed by atoms with E-state index in [4.69, 9.17) is 9.97 Å². The van der Waals surface area contributed by atoms with Gasteiger partial charge >= 0.3 is 0 Å². The van der Waals surface area contributed by atoms with Crippen molar-refractivity contribution in [3.8, 4) is 11.3 Å². The highest BCUT2D eigenvalue weighted by atomic mass is 16.1. The van der Waals surface area contributed by atoms with Crippen LogP contribution in [0, 0.1) is 0 Å². The van der Waals surface area contributed by atoms with Crippen LogP contribution in [0.25, 0.3) is 11.3 Å². The zero-order chi connectivity index (χ0) is 21.9. The molecule has 4 aromatic rings. The third-order valence-electron chi connectivity index (χ3n) is 5.63. The maximum atomic E-state index is 12.9. The van der Waals surface area contributed by atoms with E-state index < -0.39 is 0 Å². The van der Waals surface area contributed by atoms with Crippen molar-refractivity contribution in [2.24, 2.45) is 0 Å². The van der Waals surface area contributed by atoms with Crippen LogP contribution in [0.2, 0.25) is 0 Å². The van der Waals surface area contributed by atoms with E-state index in [-0.39, 0.29) is 11.6 Å². The topological polar surface area (TPSA) is 75.9 Å². The number of nitrogens with one attached hydrogen (secondary N) is 1. The molecule has 0 saturated heterocycles. The number of hydrogen-bond donors (Lipinski definition) is 1. The van der Waals surface area contributed by atoms with Gasteiger partial charge in [0, 0.05) is 30.9 Å². The van der Waals surface area contributed by atoms with Crippen molar-refractivity contribution >= 4 is 17.7 Å². The Morgan fingerprint density at radius 2 is 1.69 bits per heavy atom. The molecule has 0 amide bonds. The monoisotopic (exact) mass is 424 g/mol. The van der Waals surface area contributed by atoms with Gasteiger partial charge in [-0.1, -0.05) is 60.7 Å². The van der Waals surface area contributed by atoms with E-state index in [0.717, 1.165) is 24.1 Å². The molecule has 0 radical (unpaired) electrons. The summed E-state index contributed by atoms with van der Waals surface area (Å²) in [6, 6.07) is 23.5. The Bertz CT molecular complexity index is 1270. The van der Waals surface area contributed by atoms with Crippen LogP contribution in [0.1, 0.15) is 24.9 Å². The summed E-state index contributed by atoms with van der Waals surface area (Å²) in [4.78, 5) is 28.8. The summed E-state index contributed by atoms with van der Waals surface area (Å²) in [5, 5.41) is 3.37. The smallest absolute Gasteiger partial charge is 0.255 e. The molecule has 0 fully saturated rings. The van der Waals surface area contributed by atoms with Gasteiger partial charge in [0.05, 0.1) is 11.7 Å². The fraction of sp³-hybridized carbons (Fsp3) is 0.200. The van der Waals surface area contributed by atoms with Crippen LogP contribution in [-0.4, -0.2) is 26.1 Å². The number of hydrogen-bond acceptors (Lipinski definition) is 6. The molecule has 0 spiro atoms. The Morgan fingerprint density at radius 3 is 2.47 bits per heavy atom. The van der Waals surface area contributed by atoms with E-state index in [1.807, 2.05) is 59.5 Å². The third-order valence-corrected chi connectivity index (χ3v) is 5.63. The van der Waals surface area contributed by atoms with Crippen LogP contribution in [0.5, 0.6) is 0 Å². The van der Waals surface area contributed by atoms with Crippen molar-refractivity contribution in [1.29, 1.82) is 0 Å². The lowest BCUT2D eigenvalue weighted by Gasteiger charge is -2.30. The predicted molar refractivity (Wildman–Crippen MR) is 126 cm³/mol. The van der Waals surface area contributed by atoms with Crippen LogP contribution in [0.15, 0.2) is 83.8 Å². The van der Waals surface area contributed by atoms with Crippen molar-refractivity contribution < 1.29 is 0 Å². The molecule has 32 heavy (non-hydrogen) atoms. The predicted octanol–water partition coefficient (Wildman–Crippen LogP) is 4.42. The first-order chi connectivity index (χ1) is 15.7. The zero-order valence-electron chi connectivity index (χ0n) is 17.8. The molecule has 1 unspecified atom stereocenters. The maximum absolute atomic E-state index is 12.9. The number of rotatable bonds is 5. The standard InChI is InChI=1S/C25H24N6O/c1-18(19-9-4-2-5-10-19)27-24-26-14-13-22(29-24)30-15-8-16-31-23(32)17-21(28-25(30)31)20-11-6-3-7-12-20/h2-7,9-14,17-18H,8,15-16H2,1H3,(H,26,27,29). The first-order valence-electron chi connectivity index (χ1n) is 10.8. The van der Waals surface area contributed by atoms with Crippen molar-refractivity contribution in [2.75, 3.05) is 16.8 Å². The Balaban J connectivity index is 1.49. The van der Waals surface area contributed by atoms with Gasteiger partial charge in [-0.25, -0.2) is 9.97 Å². The molecule has 7 nitrogen and oxygen atoms in total. The van der Waals surface area contributed by atoms with E-state index in [1.165, 1.54) is 0 Å². The van der Waals surface area contributed by atoms with E-state index >= 15 is 0 Å². The molecule has 160 valence electrons. The van der Waals surface area contributed by atoms with Gasteiger partial charge < -0.3 is 5.32 Å². The van der Waals surface area contributed by atoms with Gasteiger partial charge in [0.2, 0.25) is 11.9 Å². The number of nitrogens with zero attached hydrogens (tertiary/aromatic N) is 5. The molecule has 2 aromatic heterocycles. The summed E-state index contributed by atoms with van der Waals surface area (Å²) in [5.74, 6) is 1.87. The Hall–Kier alpha value is -4.00. The Kier molecular flexibility index (Phi) is 5.37. The molecular weight excluding hydrogens is 400 g/mol. The van der Waals surface area contributed by atoms with Crippen LogP contribution < -0.4 is 15.8 Å². The highest BCUT2D eigenvalue weighted by Crippen LogP contribution is 2.28. The highest BCUT2D eigenvalue weighted by Gasteiger charge is 2.23. The van der Waals surface area contributed by atoms with Crippen LogP contribution in [0.4, 0.5) is 17.7 Å². The lowest BCUT2D eigenvalue weighted by atomic mass is 10.1. The van der Waals surface area contributed by atoms with E-state index in [2.05, 4.69) is 29.4 Å². The normalized spacial score (nSPS) is 14.0. The average Bonchev–Trinajstić information content (AvgIpc) is 2.85. The van der Waals surface area contributed by atoms with E-state index in [9.17, 15) is 4.79 Å². The molecule has 0 saturated carbocycles. The number of aromatic nitrogens is 4. The molecule has 5 rings (SSSR count). The van der Waals surface area contributed by atoms with Gasteiger partial charge in [-0.3, -0.25) is 14.3 Å². The molecule has 0 aliphatic carbocycles. The Morgan fingerprint density at radius 1 is 0.938 bits per heavy atom. The highest BCUT2D eigenvalue weighted by molar-refractivity contribution is 5.63. The summed E-state index contributed by atoms with van der Waals surface area (Å²) in [7, 11) is 0. The summed E-state index contributed by atoms with van der Waals surface area (Å²) < 4.78 is 1.72. The molecular formula is C25H24N6O. The molecule has 1 aliphatic rings. The largest absolute Gasteiger partial charge is 0.348 e. The summed E-state index contributed by atoms with van der Waals surface area (Å²) in [6.07, 6.45) is 2.58. The van der Waals surface area contributed by atoms with E-state index in [1.54, 1.807) is 16.8 Å². The maximum Gasteiger partial charge on any atom is 0.255 e. The molecule has 7 heteroatoms. The van der Waals surface area contributed by atoms with Crippen molar-refractivity contribution in [3.63, 3.8) is 0 Å². The van der Waals surface area contributed by atoms with Crippen molar-refractivity contribution in [2.45, 2.75) is 25.9 Å². The van der Waals surface area contributed by atoms with Crippen LogP contribution >= 0.6 is 0 Å². The van der Waals surface area contributed by atoms with Gasteiger partial charge in [0.25, 0.3) is 5.56 Å². The van der Waals surface area contributed by atoms with Crippen molar-refractivity contribution in [1.82, 2.24) is 19.5 Å². The second-order valence-corrected chi connectivity index (χ2v) is 7.82.